The van der Waals surface area contributed by atoms with Crippen LogP contribution in [0, 0.1) is 0 Å². The number of aromatic nitrogens is 21. The molecule has 12 aromatic heterocycles. The van der Waals surface area contributed by atoms with Gasteiger partial charge < -0.3 is 146 Å². The Kier molecular flexibility index (Phi) is 25.0. The predicted octanol–water partition coefficient (Wildman–Crippen LogP) is 2.49. The van der Waals surface area contributed by atoms with Gasteiger partial charge in [0, 0.05) is 57.1 Å². The SMILES string of the molecule is Nc1nc2c(ncn2[C@@H]2O[C@@H]3COP(O)(=S)O[C@H]4C[C@H](n5ccc6c(N)ncnc65)OC4COP(=O)(S)O[C@@H]2C3)c(=O)[nH]1.Nc1nc2c(ncn2[C@@H]2O[C@@H]3COP(O)(=S)O[C@H]4C[C@H](n5ccc6c(N)ncnc65)OC4COP(O)(=S)O[C@@H]2C3)c(=O)[nH]1.Nc1nc2c(ncn2[C@@H]2O[C@@H]3COP(O)(=S)O[C@H]4C[C@H](n5ccc6c(N)ncnc65)OC4COP(O)(=S)O[C@@H]2C3)c(=O)[nH]1. The van der Waals surface area contributed by atoms with E-state index in [9.17, 15) is 43.4 Å². The first-order valence-corrected chi connectivity index (χ1v) is 54.3. The summed E-state index contributed by atoms with van der Waals surface area (Å²) in [5.74, 6) is 0.544. The van der Waals surface area contributed by atoms with Gasteiger partial charge in [-0.3, -0.25) is 52.1 Å². The molecule has 0 radical (unpaired) electrons. The molecule has 9 aliphatic heterocycles. The Morgan fingerprint density at radius 2 is 0.628 bits per heavy atom. The monoisotopic (exact) mass is 2020 g/mol. The highest BCUT2D eigenvalue weighted by molar-refractivity contribution is 8.44. The summed E-state index contributed by atoms with van der Waals surface area (Å²) in [6.07, 6.45) is -0.208. The van der Waals surface area contributed by atoms with Crippen molar-refractivity contribution in [3.05, 3.63) is 106 Å². The summed E-state index contributed by atoms with van der Waals surface area (Å²) in [5.41, 5.74) is 35.6. The van der Waals surface area contributed by atoms with Gasteiger partial charge in [-0.05, 0) is 77.2 Å². The molecular formula is C63H75N27O27P6S6. The fraction of sp³-hybridized carbons (Fsp3) is 0.476. The molecule has 21 rings (SSSR count). The smallest absolute Gasteiger partial charge is 0.383 e. The number of aromatic amines is 3. The second kappa shape index (κ2) is 35.5. The van der Waals surface area contributed by atoms with Crippen LogP contribution < -0.4 is 51.1 Å². The molecule has 24 atom stereocenters. The zero-order valence-corrected chi connectivity index (χ0v) is 76.1. The van der Waals surface area contributed by atoms with Crippen molar-refractivity contribution in [2.45, 2.75) is 149 Å². The van der Waals surface area contributed by atoms with E-state index in [1.165, 1.54) is 51.7 Å². The van der Waals surface area contributed by atoms with E-state index in [2.05, 4.69) is 87.0 Å². The number of hydrogen-bond donors (Lipinski definition) is 15. The molecule has 6 bridgehead atoms. The molecule has 20 N–H and O–H groups in total. The first-order valence-electron chi connectivity index (χ1n) is 38.6. The summed E-state index contributed by atoms with van der Waals surface area (Å²) in [7, 11) is 0. The van der Waals surface area contributed by atoms with Gasteiger partial charge in [-0.15, -0.1) is 0 Å². The van der Waals surface area contributed by atoms with Crippen LogP contribution in [0.2, 0.25) is 0 Å². The average molecular weight is 2020 g/mol. The van der Waals surface area contributed by atoms with E-state index in [1.807, 2.05) is 0 Å². The van der Waals surface area contributed by atoms with Crippen LogP contribution in [0.15, 0.2) is 89.1 Å². The number of imidazole rings is 3. The number of H-pyrrole nitrogens is 3. The van der Waals surface area contributed by atoms with Crippen molar-refractivity contribution in [2.24, 2.45) is 0 Å². The highest BCUT2D eigenvalue weighted by Crippen LogP contribution is 2.61. The van der Waals surface area contributed by atoms with Crippen molar-refractivity contribution in [3.8, 4) is 0 Å². The van der Waals surface area contributed by atoms with Crippen LogP contribution in [-0.2, 0) is 146 Å². The second-order valence-corrected chi connectivity index (χ2v) is 47.0. The fourth-order valence-corrected chi connectivity index (χ4v) is 25.0. The Morgan fingerprint density at radius 3 is 0.938 bits per heavy atom. The van der Waals surface area contributed by atoms with Gasteiger partial charge in [-0.25, -0.2) is 49.4 Å². The lowest BCUT2D eigenvalue weighted by Crippen LogP contribution is -2.29. The molecule has 0 amide bonds. The van der Waals surface area contributed by atoms with Gasteiger partial charge in [0.05, 0.1) is 111 Å². The third-order valence-corrected chi connectivity index (χ3v) is 31.4. The molecule has 9 fully saturated rings. The minimum Gasteiger partial charge on any atom is -0.383 e. The largest absolute Gasteiger partial charge is 0.386 e. The van der Waals surface area contributed by atoms with Crippen LogP contribution in [0.1, 0.15) is 75.9 Å². The number of fused-ring (bicyclic) bond motifs is 15. The second-order valence-electron chi connectivity index (χ2n) is 30.2. The minimum absolute atomic E-state index is 0.0128. The topological polar surface area (TPSA) is 723 Å². The van der Waals surface area contributed by atoms with Crippen LogP contribution >= 0.6 is 52.6 Å². The van der Waals surface area contributed by atoms with Gasteiger partial charge in [0.25, 0.3) is 16.7 Å². The molecule has 129 heavy (non-hydrogen) atoms. The summed E-state index contributed by atoms with van der Waals surface area (Å²) in [5, 5.41) is 1.91. The number of hydrogen-bond acceptors (Lipinski definition) is 45. The van der Waals surface area contributed by atoms with Crippen molar-refractivity contribution < 1.29 is 112 Å². The third kappa shape index (κ3) is 19.0. The molecule has 54 nitrogen and oxygen atoms in total. The van der Waals surface area contributed by atoms with E-state index in [1.54, 1.807) is 50.5 Å². The van der Waals surface area contributed by atoms with Gasteiger partial charge in [0.1, 0.15) is 109 Å². The first-order chi connectivity index (χ1) is 61.4. The summed E-state index contributed by atoms with van der Waals surface area (Å²) < 4.78 is 130. The maximum absolute atomic E-state index is 13.5. The molecule has 0 spiro atoms. The lowest BCUT2D eigenvalue weighted by atomic mass is 10.2. The van der Waals surface area contributed by atoms with E-state index in [4.69, 9.17) is 176 Å². The zero-order chi connectivity index (χ0) is 90.3. The van der Waals surface area contributed by atoms with Crippen LogP contribution in [0.3, 0.4) is 0 Å². The van der Waals surface area contributed by atoms with Crippen molar-refractivity contribution in [2.75, 3.05) is 74.0 Å². The molecular weight excluding hydrogens is 1950 g/mol. The summed E-state index contributed by atoms with van der Waals surface area (Å²) >= 11 is 30.9. The third-order valence-electron chi connectivity index (χ3n) is 21.8. The molecule has 9 unspecified atom stereocenters. The van der Waals surface area contributed by atoms with Crippen LogP contribution in [0.25, 0.3) is 66.6 Å². The normalized spacial score (nSPS) is 35.4. The number of nitrogens with zero attached hydrogens (tertiary/aromatic N) is 18. The fourth-order valence-electron chi connectivity index (χ4n) is 16.2. The van der Waals surface area contributed by atoms with Gasteiger partial charge in [0.15, 0.2) is 52.2 Å². The Balaban J connectivity index is 0.000000126. The Labute approximate surface area is 751 Å². The zero-order valence-electron chi connectivity index (χ0n) is 65.7. The van der Waals surface area contributed by atoms with E-state index in [0.717, 1.165) is 0 Å². The molecule has 690 valence electrons. The Morgan fingerprint density at radius 1 is 0.349 bits per heavy atom. The maximum atomic E-state index is 13.5. The Hall–Kier alpha value is -7.38. The summed E-state index contributed by atoms with van der Waals surface area (Å²) in [6, 6.07) is 5.27. The molecule has 0 aromatic carbocycles. The predicted molar refractivity (Wildman–Crippen MR) is 469 cm³/mol. The Bertz CT molecular complexity index is 6240. The number of nitrogens with one attached hydrogen (secondary N) is 3. The molecule has 0 aliphatic carbocycles. The number of rotatable bonds is 6. The molecule has 12 aromatic rings. The van der Waals surface area contributed by atoms with E-state index < -0.39 is 168 Å². The maximum Gasteiger partial charge on any atom is 0.386 e. The molecule has 9 saturated heterocycles. The minimum atomic E-state index is -4.06. The van der Waals surface area contributed by atoms with Crippen LogP contribution in [0.5, 0.6) is 0 Å². The molecule has 66 heteroatoms. The number of nitrogens with two attached hydrogens (primary N) is 6. The van der Waals surface area contributed by atoms with E-state index >= 15 is 0 Å². The number of nitrogen functional groups attached to an aromatic ring is 6. The highest BCUT2D eigenvalue weighted by atomic mass is 32.7. The quantitative estimate of drug-likeness (QED) is 0.0840. The average Bonchev–Trinajstić information content (AvgIpc) is 1.60. The number of anilines is 6. The lowest BCUT2D eigenvalue weighted by Gasteiger charge is -2.27. The summed E-state index contributed by atoms with van der Waals surface area (Å²) in [6.45, 7) is -24.7. The van der Waals surface area contributed by atoms with Gasteiger partial charge in [-0.1, -0.05) is 12.2 Å². The van der Waals surface area contributed by atoms with Crippen LogP contribution in [0.4, 0.5) is 35.3 Å². The van der Waals surface area contributed by atoms with Gasteiger partial charge >= 0.3 is 40.4 Å². The van der Waals surface area contributed by atoms with Gasteiger partial charge in [-0.2, -0.15) is 15.0 Å². The van der Waals surface area contributed by atoms with Gasteiger partial charge in [0.2, 0.25) is 17.8 Å². The lowest BCUT2D eigenvalue weighted by molar-refractivity contribution is -0.0594. The molecule has 0 saturated carbocycles. The highest BCUT2D eigenvalue weighted by Gasteiger charge is 2.51. The molecule has 9 aliphatic rings. The first kappa shape index (κ1) is 90.8. The number of thiol groups is 1. The van der Waals surface area contributed by atoms with Crippen molar-refractivity contribution in [1.82, 2.24) is 102 Å². The number of ether oxygens (including phenoxy) is 6. The summed E-state index contributed by atoms with van der Waals surface area (Å²) in [4.78, 5) is 149. The standard InChI is InChI=1S/3C21H25N9O9P2S2/c3*22-16-10-1-2-29(17(10)25-7-24-16)14-4-11-13(37-14)6-35-41(33,43)39-12-3-9(5-34-40(32,42)38-11)36-20(12)30-8-26-15-18(30)27-21(23)28-19(15)31/h3*1-2,7-9,11-14,20H,3-6H2,(H,32,42)(H,33,43)(H2,22,24,25)(H3,23,27,28,31)/t3*9-,11-,12+,13?,14+,20+,40?,41?/m000/s1. The van der Waals surface area contributed by atoms with E-state index in [0.29, 0.717) is 50.6 Å². The van der Waals surface area contributed by atoms with Crippen molar-refractivity contribution in [3.63, 3.8) is 0 Å². The molecule has 21 heterocycles. The van der Waals surface area contributed by atoms with Crippen molar-refractivity contribution in [1.29, 1.82) is 0 Å². The van der Waals surface area contributed by atoms with E-state index in [-0.39, 0.29) is 130 Å². The van der Waals surface area contributed by atoms with Crippen molar-refractivity contribution >= 4 is 214 Å². The van der Waals surface area contributed by atoms with Crippen LogP contribution in [-0.4, -0.2) is 240 Å².